The summed E-state index contributed by atoms with van der Waals surface area (Å²) in [6.07, 6.45) is 0. The van der Waals surface area contributed by atoms with Crippen LogP contribution in [0.1, 0.15) is 17.3 Å². The molecule has 0 aliphatic carbocycles. The van der Waals surface area contributed by atoms with E-state index in [1.165, 1.54) is 6.92 Å². The summed E-state index contributed by atoms with van der Waals surface area (Å²) in [5.74, 6) is 1.94. The van der Waals surface area contributed by atoms with Crippen molar-refractivity contribution in [2.45, 2.75) is 6.92 Å². The zero-order valence-electron chi connectivity index (χ0n) is 10.6. The molecule has 0 aliphatic rings. The lowest BCUT2D eigenvalue weighted by Crippen LogP contribution is -1.94. The van der Waals surface area contributed by atoms with Gasteiger partial charge in [-0.15, -0.1) is 0 Å². The van der Waals surface area contributed by atoms with Crippen molar-refractivity contribution < 1.29 is 14.3 Å². The maximum atomic E-state index is 11.3. The molecule has 0 amide bonds. The first-order valence-electron chi connectivity index (χ1n) is 5.73. The first-order valence-corrected chi connectivity index (χ1v) is 6.52. The van der Waals surface area contributed by atoms with Gasteiger partial charge in [-0.2, -0.15) is 0 Å². The second kappa shape index (κ2) is 5.89. The number of carbonyl (C=O) groups excluding carboxylic acids is 1. The number of ether oxygens (including phenoxy) is 2. The van der Waals surface area contributed by atoms with Crippen LogP contribution >= 0.6 is 15.9 Å². The lowest BCUT2D eigenvalue weighted by Gasteiger charge is -2.11. The summed E-state index contributed by atoms with van der Waals surface area (Å²) in [6, 6.07) is 12.6. The molecule has 0 fully saturated rings. The van der Waals surface area contributed by atoms with Gasteiger partial charge in [0.2, 0.25) is 0 Å². The van der Waals surface area contributed by atoms with E-state index < -0.39 is 0 Å². The third kappa shape index (κ3) is 3.15. The summed E-state index contributed by atoms with van der Waals surface area (Å²) in [4.78, 5) is 11.3. The van der Waals surface area contributed by atoms with Crippen LogP contribution in [0.15, 0.2) is 46.9 Å². The topological polar surface area (TPSA) is 35.5 Å². The van der Waals surface area contributed by atoms with E-state index in [0.29, 0.717) is 22.8 Å². The lowest BCUT2D eigenvalue weighted by molar-refractivity contribution is 0.101. The first kappa shape index (κ1) is 13.6. The maximum absolute atomic E-state index is 11.3. The number of rotatable bonds is 4. The highest BCUT2D eigenvalue weighted by atomic mass is 79.9. The van der Waals surface area contributed by atoms with Gasteiger partial charge >= 0.3 is 0 Å². The third-order valence-electron chi connectivity index (χ3n) is 2.63. The number of halogens is 1. The highest BCUT2D eigenvalue weighted by Crippen LogP contribution is 2.35. The Kier molecular flexibility index (Phi) is 4.22. The monoisotopic (exact) mass is 320 g/mol. The number of methoxy groups -OCH3 is 1. The summed E-state index contributed by atoms with van der Waals surface area (Å²) in [7, 11) is 1.59. The third-order valence-corrected chi connectivity index (χ3v) is 3.25. The Balaban J connectivity index is 2.31. The number of ketones is 1. The number of para-hydroxylation sites is 2. The van der Waals surface area contributed by atoms with Crippen LogP contribution in [-0.4, -0.2) is 12.9 Å². The standard InChI is InChI=1S/C15H13BrO3/c1-10(17)11-7-8-13(12(16)9-11)19-15-6-4-3-5-14(15)18-2/h3-9H,1-2H3. The summed E-state index contributed by atoms with van der Waals surface area (Å²) in [6.45, 7) is 1.53. The summed E-state index contributed by atoms with van der Waals surface area (Å²) < 4.78 is 11.7. The predicted octanol–water partition coefficient (Wildman–Crippen LogP) is 4.45. The van der Waals surface area contributed by atoms with E-state index in [0.717, 1.165) is 4.47 Å². The number of Topliss-reactive ketones (excluding diaryl/α,β-unsaturated/α-hetero) is 1. The second-order valence-electron chi connectivity index (χ2n) is 3.95. The molecule has 98 valence electrons. The van der Waals surface area contributed by atoms with Gasteiger partial charge in [-0.1, -0.05) is 12.1 Å². The van der Waals surface area contributed by atoms with Crippen LogP contribution in [0.25, 0.3) is 0 Å². The van der Waals surface area contributed by atoms with Crippen molar-refractivity contribution >= 4 is 21.7 Å². The molecule has 0 spiro atoms. The average molecular weight is 321 g/mol. The van der Waals surface area contributed by atoms with Crippen LogP contribution in [0.4, 0.5) is 0 Å². The van der Waals surface area contributed by atoms with Crippen LogP contribution in [0.3, 0.4) is 0 Å². The molecular weight excluding hydrogens is 308 g/mol. The van der Waals surface area contributed by atoms with Gasteiger partial charge in [-0.25, -0.2) is 0 Å². The molecule has 2 aromatic carbocycles. The largest absolute Gasteiger partial charge is 0.493 e. The molecule has 0 saturated heterocycles. The van der Waals surface area contributed by atoms with Crippen molar-refractivity contribution in [1.29, 1.82) is 0 Å². The molecule has 0 saturated carbocycles. The van der Waals surface area contributed by atoms with E-state index in [-0.39, 0.29) is 5.78 Å². The van der Waals surface area contributed by atoms with Crippen molar-refractivity contribution in [3.8, 4) is 17.2 Å². The number of benzene rings is 2. The first-order chi connectivity index (χ1) is 9.11. The van der Waals surface area contributed by atoms with Crippen LogP contribution in [0.2, 0.25) is 0 Å². The van der Waals surface area contributed by atoms with E-state index in [4.69, 9.17) is 9.47 Å². The molecule has 0 bridgehead atoms. The molecule has 0 unspecified atom stereocenters. The average Bonchev–Trinajstić information content (AvgIpc) is 2.41. The fourth-order valence-corrected chi connectivity index (χ4v) is 2.08. The van der Waals surface area contributed by atoms with Gasteiger partial charge in [-0.3, -0.25) is 4.79 Å². The second-order valence-corrected chi connectivity index (χ2v) is 4.81. The van der Waals surface area contributed by atoms with E-state index in [1.54, 1.807) is 25.3 Å². The van der Waals surface area contributed by atoms with Gasteiger partial charge in [-0.05, 0) is 53.2 Å². The Morgan fingerprint density at radius 1 is 1.05 bits per heavy atom. The lowest BCUT2D eigenvalue weighted by atomic mass is 10.1. The van der Waals surface area contributed by atoms with Crippen molar-refractivity contribution in [1.82, 2.24) is 0 Å². The van der Waals surface area contributed by atoms with E-state index in [9.17, 15) is 4.79 Å². The molecule has 0 N–H and O–H groups in total. The predicted molar refractivity (Wildman–Crippen MR) is 77.2 cm³/mol. The normalized spacial score (nSPS) is 10.1. The summed E-state index contributed by atoms with van der Waals surface area (Å²) in [5, 5.41) is 0. The van der Waals surface area contributed by atoms with Gasteiger partial charge in [0.05, 0.1) is 11.6 Å². The molecule has 19 heavy (non-hydrogen) atoms. The van der Waals surface area contributed by atoms with Crippen LogP contribution in [0, 0.1) is 0 Å². The summed E-state index contributed by atoms with van der Waals surface area (Å²) in [5.41, 5.74) is 0.638. The molecule has 2 rings (SSSR count). The Hall–Kier alpha value is -1.81. The van der Waals surface area contributed by atoms with Gasteiger partial charge in [0.1, 0.15) is 5.75 Å². The Morgan fingerprint density at radius 2 is 1.74 bits per heavy atom. The molecule has 0 aliphatic heterocycles. The molecule has 0 aromatic heterocycles. The van der Waals surface area contributed by atoms with Gasteiger partial charge in [0.15, 0.2) is 17.3 Å². The molecular formula is C15H13BrO3. The van der Waals surface area contributed by atoms with Gasteiger partial charge in [0, 0.05) is 5.56 Å². The van der Waals surface area contributed by atoms with Crippen LogP contribution in [0.5, 0.6) is 17.2 Å². The van der Waals surface area contributed by atoms with Crippen molar-refractivity contribution in [3.63, 3.8) is 0 Å². The quantitative estimate of drug-likeness (QED) is 0.780. The van der Waals surface area contributed by atoms with Crippen LogP contribution < -0.4 is 9.47 Å². The summed E-state index contributed by atoms with van der Waals surface area (Å²) >= 11 is 3.40. The number of hydrogen-bond donors (Lipinski definition) is 0. The van der Waals surface area contributed by atoms with Crippen molar-refractivity contribution in [2.75, 3.05) is 7.11 Å². The van der Waals surface area contributed by atoms with Crippen LogP contribution in [-0.2, 0) is 0 Å². The molecule has 0 atom stereocenters. The molecule has 0 heterocycles. The van der Waals surface area contributed by atoms with Gasteiger partial charge < -0.3 is 9.47 Å². The molecule has 2 aromatic rings. The molecule has 4 heteroatoms. The maximum Gasteiger partial charge on any atom is 0.169 e. The molecule has 3 nitrogen and oxygen atoms in total. The highest BCUT2D eigenvalue weighted by Gasteiger charge is 2.09. The fraction of sp³-hybridized carbons (Fsp3) is 0.133. The Labute approximate surface area is 120 Å². The number of carbonyl (C=O) groups is 1. The smallest absolute Gasteiger partial charge is 0.169 e. The SMILES string of the molecule is COc1ccccc1Oc1ccc(C(C)=O)cc1Br. The van der Waals surface area contributed by atoms with Crippen molar-refractivity contribution in [3.05, 3.63) is 52.5 Å². The van der Waals surface area contributed by atoms with Crippen molar-refractivity contribution in [2.24, 2.45) is 0 Å². The highest BCUT2D eigenvalue weighted by molar-refractivity contribution is 9.10. The minimum absolute atomic E-state index is 0.0181. The Morgan fingerprint density at radius 3 is 2.32 bits per heavy atom. The van der Waals surface area contributed by atoms with E-state index >= 15 is 0 Å². The Bertz CT molecular complexity index is 608. The zero-order chi connectivity index (χ0) is 13.8. The fourth-order valence-electron chi connectivity index (χ4n) is 1.62. The zero-order valence-corrected chi connectivity index (χ0v) is 12.2. The molecule has 0 radical (unpaired) electrons. The van der Waals surface area contributed by atoms with Gasteiger partial charge in [0.25, 0.3) is 0 Å². The number of hydrogen-bond acceptors (Lipinski definition) is 3. The minimum Gasteiger partial charge on any atom is -0.493 e. The van der Waals surface area contributed by atoms with E-state index in [1.807, 2.05) is 24.3 Å². The van der Waals surface area contributed by atoms with E-state index in [2.05, 4.69) is 15.9 Å². The minimum atomic E-state index is 0.0181.